The quantitative estimate of drug-likeness (QED) is 0.529. The summed E-state index contributed by atoms with van der Waals surface area (Å²) in [7, 11) is 4.60. The van der Waals surface area contributed by atoms with Gasteiger partial charge in [0, 0.05) is 24.8 Å². The lowest BCUT2D eigenvalue weighted by Crippen LogP contribution is -2.28. The maximum Gasteiger partial charge on any atom is 0.269 e. The van der Waals surface area contributed by atoms with Crippen LogP contribution in [0.3, 0.4) is 0 Å². The molecule has 0 N–H and O–H groups in total. The fourth-order valence-corrected chi connectivity index (χ4v) is 3.76. The van der Waals surface area contributed by atoms with Gasteiger partial charge in [0.25, 0.3) is 5.69 Å². The van der Waals surface area contributed by atoms with Crippen molar-refractivity contribution in [3.8, 4) is 17.2 Å². The number of methoxy groups -OCH3 is 3. The molecule has 1 amide bonds. The molecule has 1 aliphatic rings. The monoisotopic (exact) mass is 413 g/mol. The molecule has 158 valence electrons. The molecule has 2 aromatic carbocycles. The first-order valence-corrected chi connectivity index (χ1v) is 9.21. The molecular formula is C21H23N3O6. The molecule has 0 aliphatic carbocycles. The Balaban J connectivity index is 2.15. The number of nitro groups is 1. The normalized spacial score (nSPS) is 18.0. The van der Waals surface area contributed by atoms with E-state index in [0.29, 0.717) is 17.2 Å². The number of hydrogen-bond donors (Lipinski definition) is 0. The van der Waals surface area contributed by atoms with Gasteiger partial charge in [-0.25, -0.2) is 5.01 Å². The van der Waals surface area contributed by atoms with Gasteiger partial charge in [-0.2, -0.15) is 5.10 Å². The molecule has 0 aromatic heterocycles. The number of nitro benzene ring substituents is 1. The van der Waals surface area contributed by atoms with Gasteiger partial charge in [-0.05, 0) is 30.2 Å². The van der Waals surface area contributed by atoms with Crippen molar-refractivity contribution in [2.75, 3.05) is 21.3 Å². The molecule has 0 bridgehead atoms. The van der Waals surface area contributed by atoms with Gasteiger partial charge in [-0.15, -0.1) is 0 Å². The molecule has 9 heteroatoms. The van der Waals surface area contributed by atoms with Crippen LogP contribution in [0.5, 0.6) is 17.2 Å². The smallest absolute Gasteiger partial charge is 0.269 e. The number of rotatable bonds is 6. The standard InChI is InChI=1S/C21H23N3O6/c1-12-19(15-10-17(28-3)21(30-5)18(11-15)29-4)20(23(22-12)13(2)25)14-6-8-16(9-7-14)24(26)27/h6-11,19-20H,1-5H3/t19-,20-/m0/s1. The lowest BCUT2D eigenvalue weighted by molar-refractivity contribution is -0.384. The van der Waals surface area contributed by atoms with E-state index in [1.807, 2.05) is 19.1 Å². The first-order chi connectivity index (χ1) is 14.3. The SMILES string of the molecule is COc1cc([C@@H]2C(C)=NN(C(C)=O)[C@H]2c2ccc([N+](=O)[O-])cc2)cc(OC)c1OC. The van der Waals surface area contributed by atoms with Gasteiger partial charge >= 0.3 is 0 Å². The largest absolute Gasteiger partial charge is 0.493 e. The second-order valence-corrected chi connectivity index (χ2v) is 6.83. The van der Waals surface area contributed by atoms with Crippen molar-refractivity contribution in [2.24, 2.45) is 5.10 Å². The molecule has 0 fully saturated rings. The molecule has 0 spiro atoms. The van der Waals surface area contributed by atoms with Crippen LogP contribution in [0.15, 0.2) is 41.5 Å². The summed E-state index contributed by atoms with van der Waals surface area (Å²) in [4.78, 5) is 22.9. The van der Waals surface area contributed by atoms with Gasteiger partial charge in [-0.3, -0.25) is 14.9 Å². The van der Waals surface area contributed by atoms with E-state index >= 15 is 0 Å². The van der Waals surface area contributed by atoms with E-state index in [1.165, 1.54) is 45.4 Å². The van der Waals surface area contributed by atoms with Crippen molar-refractivity contribution in [2.45, 2.75) is 25.8 Å². The zero-order valence-electron chi connectivity index (χ0n) is 17.4. The molecule has 0 radical (unpaired) electrons. The Kier molecular flexibility index (Phi) is 5.91. The van der Waals surface area contributed by atoms with Crippen LogP contribution >= 0.6 is 0 Å². The number of benzene rings is 2. The molecule has 2 aromatic rings. The summed E-state index contributed by atoms with van der Waals surface area (Å²) in [5.41, 5.74) is 2.25. The Morgan fingerprint density at radius 3 is 2.03 bits per heavy atom. The van der Waals surface area contributed by atoms with Crippen LogP contribution in [-0.2, 0) is 4.79 Å². The van der Waals surface area contributed by atoms with E-state index in [9.17, 15) is 14.9 Å². The summed E-state index contributed by atoms with van der Waals surface area (Å²) in [6.45, 7) is 3.28. The predicted octanol–water partition coefficient (Wildman–Crippen LogP) is 3.68. The second kappa shape index (κ2) is 8.40. The van der Waals surface area contributed by atoms with E-state index < -0.39 is 11.0 Å². The summed E-state index contributed by atoms with van der Waals surface area (Å²) >= 11 is 0. The Labute approximate surface area is 174 Å². The molecule has 0 saturated carbocycles. The van der Waals surface area contributed by atoms with Gasteiger partial charge in [0.2, 0.25) is 11.7 Å². The average molecular weight is 413 g/mol. The molecule has 2 atom stereocenters. The van der Waals surface area contributed by atoms with Crippen molar-refractivity contribution in [1.82, 2.24) is 5.01 Å². The van der Waals surface area contributed by atoms with Crippen molar-refractivity contribution in [1.29, 1.82) is 0 Å². The Morgan fingerprint density at radius 1 is 1.03 bits per heavy atom. The minimum atomic E-state index is -0.467. The average Bonchev–Trinajstić information content (AvgIpc) is 3.10. The van der Waals surface area contributed by atoms with Crippen LogP contribution in [-0.4, -0.2) is 42.9 Å². The fourth-order valence-electron chi connectivity index (χ4n) is 3.76. The summed E-state index contributed by atoms with van der Waals surface area (Å²) in [5.74, 6) is 0.912. The van der Waals surface area contributed by atoms with Gasteiger partial charge in [0.15, 0.2) is 11.5 Å². The maximum absolute atomic E-state index is 12.3. The van der Waals surface area contributed by atoms with Crippen molar-refractivity contribution in [3.63, 3.8) is 0 Å². The number of non-ortho nitro benzene ring substituents is 1. The van der Waals surface area contributed by atoms with Crippen LogP contribution < -0.4 is 14.2 Å². The highest BCUT2D eigenvalue weighted by Crippen LogP contribution is 2.47. The lowest BCUT2D eigenvalue weighted by atomic mass is 9.84. The van der Waals surface area contributed by atoms with Gasteiger partial charge < -0.3 is 14.2 Å². The molecule has 1 aliphatic heterocycles. The van der Waals surface area contributed by atoms with E-state index in [1.54, 1.807) is 12.1 Å². The number of carbonyl (C=O) groups is 1. The van der Waals surface area contributed by atoms with E-state index in [0.717, 1.165) is 16.8 Å². The Bertz CT molecular complexity index is 977. The van der Waals surface area contributed by atoms with E-state index in [-0.39, 0.29) is 17.5 Å². The molecule has 30 heavy (non-hydrogen) atoms. The van der Waals surface area contributed by atoms with Crippen LogP contribution in [0.1, 0.15) is 36.9 Å². The lowest BCUT2D eigenvalue weighted by Gasteiger charge is -2.27. The first kappa shape index (κ1) is 21.1. The first-order valence-electron chi connectivity index (χ1n) is 9.21. The van der Waals surface area contributed by atoms with Crippen LogP contribution in [0.4, 0.5) is 5.69 Å². The third-order valence-corrected chi connectivity index (χ3v) is 5.11. The molecule has 1 heterocycles. The third kappa shape index (κ3) is 3.66. The third-order valence-electron chi connectivity index (χ3n) is 5.11. The highest BCUT2D eigenvalue weighted by molar-refractivity contribution is 5.94. The number of amides is 1. The van der Waals surface area contributed by atoms with Gasteiger partial charge in [0.1, 0.15) is 0 Å². The van der Waals surface area contributed by atoms with E-state index in [4.69, 9.17) is 14.2 Å². The van der Waals surface area contributed by atoms with Crippen molar-refractivity contribution >= 4 is 17.3 Å². The fraction of sp³-hybridized carbons (Fsp3) is 0.333. The highest BCUT2D eigenvalue weighted by atomic mass is 16.6. The number of ether oxygens (including phenoxy) is 3. The number of hydrogen-bond acceptors (Lipinski definition) is 7. The topological polar surface area (TPSA) is 104 Å². The summed E-state index contributed by atoms with van der Waals surface area (Å²) < 4.78 is 16.3. The van der Waals surface area contributed by atoms with Gasteiger partial charge in [-0.1, -0.05) is 12.1 Å². The molecule has 0 saturated heterocycles. The number of carbonyl (C=O) groups excluding carboxylic acids is 1. The van der Waals surface area contributed by atoms with Crippen LogP contribution in [0.25, 0.3) is 0 Å². The molecule has 0 unspecified atom stereocenters. The molecule has 3 rings (SSSR count). The summed E-state index contributed by atoms with van der Waals surface area (Å²) in [6, 6.07) is 9.34. The Morgan fingerprint density at radius 2 is 1.60 bits per heavy atom. The summed E-state index contributed by atoms with van der Waals surface area (Å²) in [5, 5.41) is 16.9. The predicted molar refractivity (Wildman–Crippen MR) is 110 cm³/mol. The molecular weight excluding hydrogens is 390 g/mol. The van der Waals surface area contributed by atoms with Crippen molar-refractivity contribution < 1.29 is 23.9 Å². The minimum Gasteiger partial charge on any atom is -0.493 e. The maximum atomic E-state index is 12.3. The highest BCUT2D eigenvalue weighted by Gasteiger charge is 2.40. The van der Waals surface area contributed by atoms with Gasteiger partial charge in [0.05, 0.1) is 38.2 Å². The Hall–Kier alpha value is -3.62. The molecule has 9 nitrogen and oxygen atoms in total. The zero-order valence-corrected chi connectivity index (χ0v) is 17.4. The van der Waals surface area contributed by atoms with Crippen molar-refractivity contribution in [3.05, 3.63) is 57.6 Å². The minimum absolute atomic E-state index is 0.0203. The van der Waals surface area contributed by atoms with Crippen LogP contribution in [0.2, 0.25) is 0 Å². The second-order valence-electron chi connectivity index (χ2n) is 6.83. The summed E-state index contributed by atoms with van der Waals surface area (Å²) in [6.07, 6.45) is 0. The van der Waals surface area contributed by atoms with Crippen LogP contribution in [0, 0.1) is 10.1 Å². The number of nitrogens with zero attached hydrogens (tertiary/aromatic N) is 3. The zero-order chi connectivity index (χ0) is 22.0. The van der Waals surface area contributed by atoms with E-state index in [2.05, 4.69) is 5.10 Å². The number of hydrazone groups is 1.